The van der Waals surface area contributed by atoms with Gasteiger partial charge in [0.15, 0.2) is 11.5 Å². The molecule has 224 valence electrons. The number of methoxy groups -OCH3 is 3. The van der Waals surface area contributed by atoms with E-state index in [0.29, 0.717) is 46.9 Å². The van der Waals surface area contributed by atoms with Crippen LogP contribution in [0.2, 0.25) is 0 Å². The Morgan fingerprint density at radius 2 is 1.76 bits per heavy atom. The number of fused-ring (bicyclic) bond motifs is 1. The molecular weight excluding hydrogens is 571 g/mol. The molecule has 42 heavy (non-hydrogen) atoms. The molecule has 3 atom stereocenters. The van der Waals surface area contributed by atoms with Crippen LogP contribution < -0.4 is 24.4 Å². The van der Waals surface area contributed by atoms with Gasteiger partial charge in [-0.25, -0.2) is 0 Å². The van der Waals surface area contributed by atoms with Gasteiger partial charge in [-0.2, -0.15) is 23.1 Å². The highest BCUT2D eigenvalue weighted by Gasteiger charge is 2.37. The zero-order valence-corrected chi connectivity index (χ0v) is 24.4. The molecule has 1 aliphatic rings. The lowest BCUT2D eigenvalue weighted by atomic mass is 10.1. The van der Waals surface area contributed by atoms with E-state index in [9.17, 15) is 18.3 Å². The lowest BCUT2D eigenvalue weighted by molar-refractivity contribution is -0.126. The number of hydrogen-bond donors (Lipinski definition) is 2. The molecule has 2 N–H and O–H groups in total. The van der Waals surface area contributed by atoms with Gasteiger partial charge in [0.05, 0.1) is 57.2 Å². The first-order chi connectivity index (χ1) is 20.1. The molecule has 3 heterocycles. The van der Waals surface area contributed by atoms with Crippen LogP contribution in [-0.2, 0) is 13.0 Å². The Morgan fingerprint density at radius 1 is 1.02 bits per heavy atom. The molecule has 0 aliphatic heterocycles. The monoisotopic (exact) mass is 603 g/mol. The Kier molecular flexibility index (Phi) is 8.71. The Hall–Kier alpha value is -3.68. The molecule has 1 aromatic carbocycles. The van der Waals surface area contributed by atoms with E-state index in [-0.39, 0.29) is 23.0 Å². The van der Waals surface area contributed by atoms with E-state index in [1.165, 1.54) is 13.2 Å². The number of aromatic nitrogens is 3. The van der Waals surface area contributed by atoms with Gasteiger partial charge < -0.3 is 29.5 Å². The molecule has 0 saturated heterocycles. The number of hydrogen-bond acceptors (Lipinski definition) is 10. The summed E-state index contributed by atoms with van der Waals surface area (Å²) in [5, 5.41) is 15.0. The molecule has 5 rings (SSSR count). The summed E-state index contributed by atoms with van der Waals surface area (Å²) >= 11 is 0.969. The summed E-state index contributed by atoms with van der Waals surface area (Å²) in [5.41, 5.74) is 2.78. The van der Waals surface area contributed by atoms with Gasteiger partial charge in [-0.3, -0.25) is 4.98 Å². The number of rotatable bonds is 10. The smallest absolute Gasteiger partial charge is 0.393 e. The number of nitrogens with one attached hydrogen (secondary N) is 1. The molecule has 13 heteroatoms. The molecule has 3 aromatic heterocycles. The lowest BCUT2D eigenvalue weighted by Gasteiger charge is -2.28. The minimum absolute atomic E-state index is 0.0298. The number of aliphatic hydroxyl groups excluding tert-OH is 1. The second-order valence-corrected chi connectivity index (χ2v) is 11.3. The zero-order chi connectivity index (χ0) is 30.0. The average molecular weight is 604 g/mol. The topological polar surface area (TPSA) is 102 Å². The van der Waals surface area contributed by atoms with Crippen molar-refractivity contribution in [3.05, 3.63) is 53.0 Å². The fourth-order valence-corrected chi connectivity index (χ4v) is 6.31. The number of anilines is 1. The van der Waals surface area contributed by atoms with E-state index in [1.807, 2.05) is 35.2 Å². The Morgan fingerprint density at radius 3 is 2.43 bits per heavy atom. The minimum atomic E-state index is -4.33. The quantitative estimate of drug-likeness (QED) is 0.259. The van der Waals surface area contributed by atoms with Gasteiger partial charge in [-0.15, -0.1) is 11.3 Å². The van der Waals surface area contributed by atoms with Crippen molar-refractivity contribution in [1.29, 1.82) is 0 Å². The summed E-state index contributed by atoms with van der Waals surface area (Å²) < 4.78 is 55.0. The van der Waals surface area contributed by atoms with Crippen molar-refractivity contribution in [3.63, 3.8) is 0 Å². The first-order valence-corrected chi connectivity index (χ1v) is 14.1. The normalized spacial score (nSPS) is 18.8. The number of benzene rings is 1. The van der Waals surface area contributed by atoms with Crippen molar-refractivity contribution in [2.75, 3.05) is 33.3 Å². The second-order valence-electron chi connectivity index (χ2n) is 10.2. The van der Waals surface area contributed by atoms with Crippen molar-refractivity contribution < 1.29 is 32.5 Å². The summed E-state index contributed by atoms with van der Waals surface area (Å²) in [7, 11) is 6.35. The first-order valence-electron chi connectivity index (χ1n) is 13.3. The van der Waals surface area contributed by atoms with E-state index >= 15 is 0 Å². The maximum atomic E-state index is 13.0. The number of nitrogens with zero attached hydrogens (tertiary/aromatic N) is 4. The molecule has 9 nitrogen and oxygen atoms in total. The van der Waals surface area contributed by atoms with Gasteiger partial charge in [-0.1, -0.05) is 24.3 Å². The van der Waals surface area contributed by atoms with Crippen LogP contribution in [0.5, 0.6) is 17.5 Å². The number of likely N-dealkylation sites (N-methyl/N-ethyl adjacent to an activating group) is 1. The predicted molar refractivity (Wildman–Crippen MR) is 155 cm³/mol. The minimum Gasteiger partial charge on any atom is -0.493 e. The summed E-state index contributed by atoms with van der Waals surface area (Å²) in [5.74, 6) is 1.61. The first kappa shape index (κ1) is 29.8. The van der Waals surface area contributed by atoms with Crippen LogP contribution in [0.25, 0.3) is 21.5 Å². The largest absolute Gasteiger partial charge is 0.493 e. The molecule has 1 saturated carbocycles. The zero-order valence-electron chi connectivity index (χ0n) is 23.6. The SMILES string of the molecule is COc1nc(N(C)[C@H]2C[C@@H](NCc3ccc(-c4cc(OC)c(OC)cn4)cc3)C[C@H]2O)c2cc(CC(F)(F)F)sc2n1. The van der Waals surface area contributed by atoms with Crippen LogP contribution in [0.15, 0.2) is 42.6 Å². The van der Waals surface area contributed by atoms with Crippen molar-refractivity contribution in [3.8, 4) is 28.8 Å². The summed E-state index contributed by atoms with van der Waals surface area (Å²) in [6.07, 6.45) is -3.25. The van der Waals surface area contributed by atoms with E-state index < -0.39 is 18.7 Å². The molecule has 0 radical (unpaired) electrons. The Bertz CT molecular complexity index is 1530. The van der Waals surface area contributed by atoms with Crippen molar-refractivity contribution in [1.82, 2.24) is 20.3 Å². The average Bonchev–Trinajstić information content (AvgIpc) is 3.55. The maximum absolute atomic E-state index is 13.0. The standard InChI is InChI=1S/C29H32F3N5O4S/c1-37(26-20-11-19(13-29(30,31)32)42-27(20)36-28(35-26)41-4)22-9-18(10-23(22)38)33-14-16-5-7-17(8-6-16)21-12-24(39-2)25(40-3)15-34-21/h5-8,11-12,15,18,22-23,33,38H,9-10,13-14H2,1-4H3/t18-,22+,23-/m1/s1. The molecule has 1 aliphatic carbocycles. The molecule has 0 amide bonds. The highest BCUT2D eigenvalue weighted by atomic mass is 32.1. The van der Waals surface area contributed by atoms with Gasteiger partial charge in [0.1, 0.15) is 10.6 Å². The van der Waals surface area contributed by atoms with Crippen molar-refractivity contribution in [2.24, 2.45) is 0 Å². The number of pyridine rings is 1. The maximum Gasteiger partial charge on any atom is 0.393 e. The number of thiophene rings is 1. The van der Waals surface area contributed by atoms with Crippen molar-refractivity contribution >= 4 is 27.4 Å². The van der Waals surface area contributed by atoms with Crippen LogP contribution >= 0.6 is 11.3 Å². The van der Waals surface area contributed by atoms with Gasteiger partial charge in [0, 0.05) is 36.1 Å². The highest BCUT2D eigenvalue weighted by Crippen LogP contribution is 2.37. The fraction of sp³-hybridized carbons (Fsp3) is 0.414. The molecule has 0 bridgehead atoms. The number of aliphatic hydroxyl groups is 1. The molecular formula is C29H32F3N5O4S. The number of ether oxygens (including phenoxy) is 3. The molecule has 4 aromatic rings. The Labute approximate surface area is 245 Å². The van der Waals surface area contributed by atoms with Crippen LogP contribution in [0.4, 0.5) is 19.0 Å². The van der Waals surface area contributed by atoms with E-state index in [1.54, 1.807) is 27.5 Å². The third kappa shape index (κ3) is 6.53. The van der Waals surface area contributed by atoms with Gasteiger partial charge in [0.25, 0.3) is 0 Å². The van der Waals surface area contributed by atoms with Crippen molar-refractivity contribution in [2.45, 2.75) is 50.2 Å². The second kappa shape index (κ2) is 12.3. The molecule has 0 unspecified atom stereocenters. The van der Waals surface area contributed by atoms with Crippen LogP contribution in [0.3, 0.4) is 0 Å². The summed E-state index contributed by atoms with van der Waals surface area (Å²) in [6.45, 7) is 0.602. The van der Waals surface area contributed by atoms with E-state index in [4.69, 9.17) is 14.2 Å². The van der Waals surface area contributed by atoms with Crippen LogP contribution in [0.1, 0.15) is 23.3 Å². The third-order valence-electron chi connectivity index (χ3n) is 7.40. The highest BCUT2D eigenvalue weighted by molar-refractivity contribution is 7.18. The predicted octanol–water partition coefficient (Wildman–Crippen LogP) is 5.00. The third-order valence-corrected chi connectivity index (χ3v) is 8.43. The fourth-order valence-electron chi connectivity index (χ4n) is 5.27. The van der Waals surface area contributed by atoms with Crippen LogP contribution in [0, 0.1) is 0 Å². The Balaban J connectivity index is 1.25. The van der Waals surface area contributed by atoms with Gasteiger partial charge in [-0.05, 0) is 24.5 Å². The van der Waals surface area contributed by atoms with E-state index in [2.05, 4.69) is 20.3 Å². The molecule has 0 spiro atoms. The number of halogens is 3. The van der Waals surface area contributed by atoms with Gasteiger partial charge >= 0.3 is 12.2 Å². The lowest BCUT2D eigenvalue weighted by Crippen LogP contribution is -2.38. The van der Waals surface area contributed by atoms with Gasteiger partial charge in [0.2, 0.25) is 0 Å². The molecule has 1 fully saturated rings. The number of alkyl halides is 3. The summed E-state index contributed by atoms with van der Waals surface area (Å²) in [6, 6.07) is 11.1. The van der Waals surface area contributed by atoms with E-state index in [0.717, 1.165) is 28.2 Å². The summed E-state index contributed by atoms with van der Waals surface area (Å²) in [4.78, 5) is 15.5. The van der Waals surface area contributed by atoms with Crippen LogP contribution in [-0.4, -0.2) is 72.8 Å².